The summed E-state index contributed by atoms with van der Waals surface area (Å²) in [5.41, 5.74) is 7.18. The molecular weight excluding hydrogens is 278 g/mol. The zero-order valence-corrected chi connectivity index (χ0v) is 16.2. The van der Waals surface area contributed by atoms with Crippen LogP contribution in [0.3, 0.4) is 0 Å². The first-order valence-electron chi connectivity index (χ1n) is 10.7. The highest BCUT2D eigenvalue weighted by atomic mass is 14.8. The van der Waals surface area contributed by atoms with Crippen LogP contribution < -0.4 is 5.73 Å². The molecule has 0 saturated heterocycles. The Morgan fingerprint density at radius 2 is 1.30 bits per heavy atom. The number of hydrogen-bond donors (Lipinski definition) is 1. The van der Waals surface area contributed by atoms with Gasteiger partial charge in [0.05, 0.1) is 0 Å². The number of hydrogen-bond acceptors (Lipinski definition) is 1. The maximum atomic E-state index is 7.12. The van der Waals surface area contributed by atoms with Crippen LogP contribution in [0.5, 0.6) is 0 Å². The van der Waals surface area contributed by atoms with E-state index in [2.05, 4.69) is 27.7 Å². The van der Waals surface area contributed by atoms with Crippen molar-refractivity contribution in [1.82, 2.24) is 0 Å². The molecule has 3 aliphatic rings. The van der Waals surface area contributed by atoms with Crippen molar-refractivity contribution in [2.45, 2.75) is 97.4 Å². The summed E-state index contributed by atoms with van der Waals surface area (Å²) in [6, 6.07) is 0. The smallest absolute Gasteiger partial charge is 0.0188 e. The van der Waals surface area contributed by atoms with Crippen molar-refractivity contribution in [2.24, 2.45) is 47.2 Å². The van der Waals surface area contributed by atoms with Gasteiger partial charge in [-0.25, -0.2) is 0 Å². The van der Waals surface area contributed by atoms with Gasteiger partial charge in [-0.15, -0.1) is 0 Å². The van der Waals surface area contributed by atoms with Crippen LogP contribution in [0.4, 0.5) is 0 Å². The molecule has 3 rings (SSSR count). The summed E-state index contributed by atoms with van der Waals surface area (Å²) >= 11 is 0. The topological polar surface area (TPSA) is 26.0 Å². The van der Waals surface area contributed by atoms with Gasteiger partial charge in [0, 0.05) is 5.54 Å². The second-order valence-electron chi connectivity index (χ2n) is 9.88. The Morgan fingerprint density at radius 3 is 1.78 bits per heavy atom. The SMILES string of the molecule is CC(C)C1C(C2CCCCC2)C(C)C(C)(N)C1C1CCCCC1. The largest absolute Gasteiger partial charge is 0.325 e. The van der Waals surface area contributed by atoms with Crippen LogP contribution in [0.15, 0.2) is 0 Å². The molecule has 0 aromatic carbocycles. The zero-order chi connectivity index (χ0) is 16.6. The molecule has 3 aliphatic carbocycles. The molecule has 0 aromatic rings. The van der Waals surface area contributed by atoms with E-state index in [4.69, 9.17) is 5.73 Å². The summed E-state index contributed by atoms with van der Waals surface area (Å²) in [6.45, 7) is 9.92. The van der Waals surface area contributed by atoms with E-state index in [9.17, 15) is 0 Å². The van der Waals surface area contributed by atoms with Gasteiger partial charge in [-0.3, -0.25) is 0 Å². The van der Waals surface area contributed by atoms with Crippen LogP contribution in [0.2, 0.25) is 0 Å². The highest BCUT2D eigenvalue weighted by Crippen LogP contribution is 2.59. The highest BCUT2D eigenvalue weighted by molar-refractivity contribution is 5.10. The molecule has 0 aliphatic heterocycles. The van der Waals surface area contributed by atoms with E-state index in [-0.39, 0.29) is 5.54 Å². The first-order valence-corrected chi connectivity index (χ1v) is 10.7. The van der Waals surface area contributed by atoms with Gasteiger partial charge in [0.25, 0.3) is 0 Å². The molecule has 0 radical (unpaired) electrons. The highest BCUT2D eigenvalue weighted by Gasteiger charge is 2.58. The van der Waals surface area contributed by atoms with Crippen LogP contribution in [0.25, 0.3) is 0 Å². The Labute approximate surface area is 145 Å². The first-order chi connectivity index (χ1) is 10.9. The van der Waals surface area contributed by atoms with Gasteiger partial charge in [-0.05, 0) is 48.3 Å². The van der Waals surface area contributed by atoms with E-state index in [0.29, 0.717) is 5.92 Å². The molecule has 5 unspecified atom stereocenters. The maximum absolute atomic E-state index is 7.12. The van der Waals surface area contributed by atoms with Crippen LogP contribution in [0.1, 0.15) is 91.9 Å². The van der Waals surface area contributed by atoms with Crippen molar-refractivity contribution in [1.29, 1.82) is 0 Å². The molecule has 0 spiro atoms. The Morgan fingerprint density at radius 1 is 0.826 bits per heavy atom. The lowest BCUT2D eigenvalue weighted by molar-refractivity contribution is 0.0857. The molecule has 0 amide bonds. The third kappa shape index (κ3) is 3.24. The zero-order valence-electron chi connectivity index (χ0n) is 16.2. The summed E-state index contributed by atoms with van der Waals surface area (Å²) in [4.78, 5) is 0. The molecule has 3 saturated carbocycles. The minimum atomic E-state index is 0.0546. The normalized spacial score (nSPS) is 44.1. The molecule has 1 heteroatoms. The maximum Gasteiger partial charge on any atom is 0.0188 e. The summed E-state index contributed by atoms with van der Waals surface area (Å²) < 4.78 is 0. The lowest BCUT2D eigenvalue weighted by Gasteiger charge is -2.42. The fraction of sp³-hybridized carbons (Fsp3) is 1.00. The lowest BCUT2D eigenvalue weighted by atomic mass is 9.65. The molecule has 134 valence electrons. The Balaban J connectivity index is 1.89. The summed E-state index contributed by atoms with van der Waals surface area (Å²) in [6.07, 6.45) is 14.6. The van der Waals surface area contributed by atoms with Crippen molar-refractivity contribution in [3.63, 3.8) is 0 Å². The second kappa shape index (κ2) is 7.06. The monoisotopic (exact) mass is 319 g/mol. The third-order valence-electron chi connectivity index (χ3n) is 8.26. The Hall–Kier alpha value is -0.0400. The van der Waals surface area contributed by atoms with Gasteiger partial charge in [0.1, 0.15) is 0 Å². The van der Waals surface area contributed by atoms with Crippen molar-refractivity contribution in [3.8, 4) is 0 Å². The Kier molecular flexibility index (Phi) is 5.46. The summed E-state index contributed by atoms with van der Waals surface area (Å²) in [7, 11) is 0. The average Bonchev–Trinajstić information content (AvgIpc) is 2.76. The molecule has 23 heavy (non-hydrogen) atoms. The van der Waals surface area contributed by atoms with Gasteiger partial charge in [0.2, 0.25) is 0 Å². The van der Waals surface area contributed by atoms with Crippen molar-refractivity contribution in [3.05, 3.63) is 0 Å². The van der Waals surface area contributed by atoms with E-state index in [1.807, 2.05) is 0 Å². The van der Waals surface area contributed by atoms with Gasteiger partial charge >= 0.3 is 0 Å². The van der Waals surface area contributed by atoms with Crippen LogP contribution in [-0.4, -0.2) is 5.54 Å². The lowest BCUT2D eigenvalue weighted by Crippen LogP contribution is -2.49. The minimum absolute atomic E-state index is 0.0546. The number of nitrogens with two attached hydrogens (primary N) is 1. The van der Waals surface area contributed by atoms with Gasteiger partial charge in [0.15, 0.2) is 0 Å². The van der Waals surface area contributed by atoms with Crippen molar-refractivity contribution in [2.75, 3.05) is 0 Å². The first kappa shape index (κ1) is 17.8. The van der Waals surface area contributed by atoms with E-state index in [1.165, 1.54) is 64.2 Å². The molecule has 0 bridgehead atoms. The van der Waals surface area contributed by atoms with Crippen LogP contribution in [0, 0.1) is 41.4 Å². The predicted octanol–water partition coefficient (Wildman–Crippen LogP) is 6.02. The summed E-state index contributed by atoms with van der Waals surface area (Å²) in [5, 5.41) is 0. The van der Waals surface area contributed by atoms with Gasteiger partial charge in [-0.2, -0.15) is 0 Å². The van der Waals surface area contributed by atoms with E-state index in [0.717, 1.165) is 35.5 Å². The van der Waals surface area contributed by atoms with Crippen molar-refractivity contribution < 1.29 is 0 Å². The van der Waals surface area contributed by atoms with Crippen LogP contribution >= 0.6 is 0 Å². The molecule has 1 nitrogen and oxygen atoms in total. The quantitative estimate of drug-likeness (QED) is 0.676. The van der Waals surface area contributed by atoms with Gasteiger partial charge < -0.3 is 5.73 Å². The fourth-order valence-corrected chi connectivity index (χ4v) is 7.12. The average molecular weight is 320 g/mol. The fourth-order valence-electron chi connectivity index (χ4n) is 7.12. The van der Waals surface area contributed by atoms with Gasteiger partial charge in [-0.1, -0.05) is 85.0 Å². The minimum Gasteiger partial charge on any atom is -0.325 e. The van der Waals surface area contributed by atoms with E-state index < -0.39 is 0 Å². The summed E-state index contributed by atoms with van der Waals surface area (Å²) in [5.74, 6) is 5.88. The standard InChI is InChI=1S/C22H41N/c1-15(2)19-20(17-11-7-5-8-12-17)16(3)22(4,23)21(19)18-13-9-6-10-14-18/h15-21H,5-14,23H2,1-4H3. The van der Waals surface area contributed by atoms with Crippen LogP contribution in [-0.2, 0) is 0 Å². The molecule has 3 fully saturated rings. The predicted molar refractivity (Wildman–Crippen MR) is 100 cm³/mol. The molecular formula is C22H41N. The Bertz CT molecular complexity index is 373. The third-order valence-corrected chi connectivity index (χ3v) is 8.26. The van der Waals surface area contributed by atoms with E-state index in [1.54, 1.807) is 0 Å². The molecule has 0 aromatic heterocycles. The van der Waals surface area contributed by atoms with E-state index >= 15 is 0 Å². The number of rotatable bonds is 3. The molecule has 2 N–H and O–H groups in total. The van der Waals surface area contributed by atoms with Crippen molar-refractivity contribution >= 4 is 0 Å². The molecule has 5 atom stereocenters. The second-order valence-corrected chi connectivity index (χ2v) is 9.88. The molecule has 0 heterocycles.